The molecule has 2 aliphatic rings. The smallest absolute Gasteiger partial charge is 0.254 e. The van der Waals surface area contributed by atoms with Crippen LogP contribution in [0.1, 0.15) is 63.9 Å². The zero-order valence-electron chi connectivity index (χ0n) is 18.9. The van der Waals surface area contributed by atoms with Crippen LogP contribution in [0.3, 0.4) is 0 Å². The molecule has 3 amide bonds. The molecule has 1 fully saturated rings. The van der Waals surface area contributed by atoms with Gasteiger partial charge in [-0.1, -0.05) is 0 Å². The van der Waals surface area contributed by atoms with Crippen molar-refractivity contribution in [3.05, 3.63) is 62.8 Å². The highest BCUT2D eigenvalue weighted by molar-refractivity contribution is 6.00. The Balaban J connectivity index is 1.38. The average molecular weight is 452 g/mol. The normalized spacial score (nSPS) is 20.1. The number of fused-ring (bicyclic) bond motifs is 1. The van der Waals surface area contributed by atoms with E-state index in [1.165, 1.54) is 6.20 Å². The lowest BCUT2D eigenvalue weighted by molar-refractivity contribution is -0.122. The molecule has 2 aromatic rings. The van der Waals surface area contributed by atoms with Crippen molar-refractivity contribution in [3.63, 3.8) is 0 Å². The molecule has 3 N–H and O–H groups in total. The van der Waals surface area contributed by atoms with Crippen LogP contribution in [0.4, 0.5) is 0 Å². The fourth-order valence-electron chi connectivity index (χ4n) is 4.57. The Morgan fingerprint density at radius 3 is 2.88 bits per heavy atom. The molecule has 4 rings (SSSR count). The minimum absolute atomic E-state index is 0.0903. The van der Waals surface area contributed by atoms with Crippen molar-refractivity contribution in [3.8, 4) is 0 Å². The van der Waals surface area contributed by atoms with Gasteiger partial charge in [-0.25, -0.2) is 4.98 Å². The van der Waals surface area contributed by atoms with E-state index in [2.05, 4.69) is 20.6 Å². The van der Waals surface area contributed by atoms with Crippen LogP contribution in [0.2, 0.25) is 0 Å². The van der Waals surface area contributed by atoms with Crippen LogP contribution < -0.4 is 16.2 Å². The number of piperidine rings is 1. The maximum Gasteiger partial charge on any atom is 0.254 e. The fourth-order valence-corrected chi connectivity index (χ4v) is 4.57. The standard InChI is InChI=1S/C24H29N5O4/c1-14-20(28-21(30)8-6-18-13-26-15(2)27-22(18)31)4-3-11-29(14)24(33)17-5-7-19-16(12-17)9-10-25-23(19)32/h5,7,12-14,20H,3-4,6,8-11H2,1-2H3,(H,25,32)(H,28,30)(H,26,27,31). The molecule has 0 radical (unpaired) electrons. The number of aryl methyl sites for hydroxylation is 2. The molecule has 2 unspecified atom stereocenters. The van der Waals surface area contributed by atoms with E-state index in [0.717, 1.165) is 18.4 Å². The van der Waals surface area contributed by atoms with Crippen molar-refractivity contribution in [2.45, 2.75) is 58.0 Å². The van der Waals surface area contributed by atoms with Gasteiger partial charge in [0.1, 0.15) is 5.82 Å². The number of benzene rings is 1. The Bertz CT molecular complexity index is 1140. The zero-order valence-corrected chi connectivity index (χ0v) is 18.9. The molecule has 9 heteroatoms. The maximum absolute atomic E-state index is 13.3. The SMILES string of the molecule is Cc1ncc(CCC(=O)NC2CCCN(C(=O)c3ccc4c(c3)CCNC4=O)C2C)c(=O)[nH]1. The van der Waals surface area contributed by atoms with Gasteiger partial charge in [0, 0.05) is 54.5 Å². The third-order valence-electron chi connectivity index (χ3n) is 6.49. The average Bonchev–Trinajstić information content (AvgIpc) is 2.79. The van der Waals surface area contributed by atoms with Crippen LogP contribution in [0, 0.1) is 6.92 Å². The number of nitrogens with zero attached hydrogens (tertiary/aromatic N) is 2. The molecule has 2 atom stereocenters. The van der Waals surface area contributed by atoms with E-state index in [0.29, 0.717) is 48.4 Å². The van der Waals surface area contributed by atoms with Crippen molar-refractivity contribution in [2.24, 2.45) is 0 Å². The maximum atomic E-state index is 13.3. The van der Waals surface area contributed by atoms with E-state index >= 15 is 0 Å². The van der Waals surface area contributed by atoms with Crippen LogP contribution in [0.5, 0.6) is 0 Å². The fraction of sp³-hybridized carbons (Fsp3) is 0.458. The predicted octanol–water partition coefficient (Wildman–Crippen LogP) is 1.11. The van der Waals surface area contributed by atoms with Crippen molar-refractivity contribution in [2.75, 3.05) is 13.1 Å². The van der Waals surface area contributed by atoms with Gasteiger partial charge >= 0.3 is 0 Å². The van der Waals surface area contributed by atoms with Crippen LogP contribution >= 0.6 is 0 Å². The van der Waals surface area contributed by atoms with E-state index in [-0.39, 0.29) is 41.8 Å². The minimum Gasteiger partial charge on any atom is -0.352 e. The summed E-state index contributed by atoms with van der Waals surface area (Å²) in [5.41, 5.74) is 2.33. The predicted molar refractivity (Wildman–Crippen MR) is 122 cm³/mol. The molecule has 1 aromatic carbocycles. The number of hydrogen-bond donors (Lipinski definition) is 3. The lowest BCUT2D eigenvalue weighted by Gasteiger charge is -2.40. The second-order valence-electron chi connectivity index (χ2n) is 8.76. The Labute approximate surface area is 192 Å². The van der Waals surface area contributed by atoms with Gasteiger partial charge in [-0.2, -0.15) is 0 Å². The molecule has 1 aromatic heterocycles. The summed E-state index contributed by atoms with van der Waals surface area (Å²) in [6.07, 6.45) is 4.27. The van der Waals surface area contributed by atoms with Crippen molar-refractivity contribution in [1.29, 1.82) is 0 Å². The second kappa shape index (κ2) is 9.56. The molecule has 33 heavy (non-hydrogen) atoms. The number of aromatic amines is 1. The summed E-state index contributed by atoms with van der Waals surface area (Å²) in [5.74, 6) is 0.192. The summed E-state index contributed by atoms with van der Waals surface area (Å²) < 4.78 is 0. The number of likely N-dealkylation sites (tertiary alicyclic amines) is 1. The van der Waals surface area contributed by atoms with Gasteiger partial charge < -0.3 is 20.5 Å². The molecular formula is C24H29N5O4. The largest absolute Gasteiger partial charge is 0.352 e. The van der Waals surface area contributed by atoms with Gasteiger partial charge in [-0.05, 0) is 63.3 Å². The molecule has 174 valence electrons. The Morgan fingerprint density at radius 1 is 1.27 bits per heavy atom. The molecule has 3 heterocycles. The Kier molecular flexibility index (Phi) is 6.57. The summed E-state index contributed by atoms with van der Waals surface area (Å²) in [6, 6.07) is 4.91. The highest BCUT2D eigenvalue weighted by Crippen LogP contribution is 2.23. The third-order valence-corrected chi connectivity index (χ3v) is 6.49. The number of nitrogens with one attached hydrogen (secondary N) is 3. The highest BCUT2D eigenvalue weighted by Gasteiger charge is 2.33. The van der Waals surface area contributed by atoms with Crippen LogP contribution in [-0.4, -0.2) is 57.8 Å². The number of rotatable bonds is 5. The zero-order chi connectivity index (χ0) is 23.5. The quantitative estimate of drug-likeness (QED) is 0.628. The number of amides is 3. The van der Waals surface area contributed by atoms with Gasteiger partial charge in [0.25, 0.3) is 17.4 Å². The van der Waals surface area contributed by atoms with E-state index in [1.807, 2.05) is 13.0 Å². The number of carbonyl (C=O) groups is 3. The molecule has 1 saturated heterocycles. The molecule has 2 aliphatic heterocycles. The van der Waals surface area contributed by atoms with Gasteiger partial charge in [-0.3, -0.25) is 19.2 Å². The molecule has 0 spiro atoms. The molecule has 0 saturated carbocycles. The van der Waals surface area contributed by atoms with Crippen LogP contribution in [0.15, 0.2) is 29.2 Å². The second-order valence-corrected chi connectivity index (χ2v) is 8.76. The lowest BCUT2D eigenvalue weighted by Crippen LogP contribution is -2.55. The first kappa shape index (κ1) is 22.7. The first-order chi connectivity index (χ1) is 15.8. The minimum atomic E-state index is -0.222. The van der Waals surface area contributed by atoms with Crippen molar-refractivity contribution < 1.29 is 14.4 Å². The number of hydrogen-bond acceptors (Lipinski definition) is 5. The molecule has 0 aliphatic carbocycles. The summed E-state index contributed by atoms with van der Waals surface area (Å²) >= 11 is 0. The third kappa shape index (κ3) is 4.97. The van der Waals surface area contributed by atoms with E-state index in [9.17, 15) is 19.2 Å². The van der Waals surface area contributed by atoms with E-state index < -0.39 is 0 Å². The molecule has 9 nitrogen and oxygen atoms in total. The van der Waals surface area contributed by atoms with E-state index in [1.54, 1.807) is 24.0 Å². The summed E-state index contributed by atoms with van der Waals surface area (Å²) in [7, 11) is 0. The summed E-state index contributed by atoms with van der Waals surface area (Å²) in [6.45, 7) is 4.84. The van der Waals surface area contributed by atoms with Crippen molar-refractivity contribution >= 4 is 17.7 Å². The first-order valence-corrected chi connectivity index (χ1v) is 11.4. The first-order valence-electron chi connectivity index (χ1n) is 11.4. The van der Waals surface area contributed by atoms with Gasteiger partial charge in [0.15, 0.2) is 0 Å². The van der Waals surface area contributed by atoms with Gasteiger partial charge in [-0.15, -0.1) is 0 Å². The molecular weight excluding hydrogens is 422 g/mol. The van der Waals surface area contributed by atoms with Crippen LogP contribution in [0.25, 0.3) is 0 Å². The number of carbonyl (C=O) groups excluding carboxylic acids is 3. The van der Waals surface area contributed by atoms with Crippen LogP contribution in [-0.2, 0) is 17.6 Å². The Hall–Kier alpha value is -3.49. The Morgan fingerprint density at radius 2 is 2.09 bits per heavy atom. The topological polar surface area (TPSA) is 124 Å². The van der Waals surface area contributed by atoms with Crippen molar-refractivity contribution in [1.82, 2.24) is 25.5 Å². The van der Waals surface area contributed by atoms with E-state index in [4.69, 9.17) is 0 Å². The van der Waals surface area contributed by atoms with Gasteiger partial charge in [0.05, 0.1) is 0 Å². The monoisotopic (exact) mass is 451 g/mol. The number of aromatic nitrogens is 2. The summed E-state index contributed by atoms with van der Waals surface area (Å²) in [4.78, 5) is 58.3. The lowest BCUT2D eigenvalue weighted by atomic mass is 9.94. The summed E-state index contributed by atoms with van der Waals surface area (Å²) in [5, 5.41) is 5.85. The number of H-pyrrole nitrogens is 1. The highest BCUT2D eigenvalue weighted by atomic mass is 16.2. The van der Waals surface area contributed by atoms with Gasteiger partial charge in [0.2, 0.25) is 5.91 Å². The molecule has 0 bridgehead atoms.